The summed E-state index contributed by atoms with van der Waals surface area (Å²) in [7, 11) is 1.37. The average molecular weight is 442 g/mol. The first-order valence-electron chi connectivity index (χ1n) is 10.2. The number of ether oxygens (including phenoxy) is 2. The molecular weight excluding hydrogens is 418 g/mol. The highest BCUT2D eigenvalue weighted by molar-refractivity contribution is 5.64. The predicted octanol–water partition coefficient (Wildman–Crippen LogP) is 3.47. The van der Waals surface area contributed by atoms with Crippen LogP contribution in [-0.4, -0.2) is 43.0 Å². The Morgan fingerprint density at radius 3 is 2.50 bits per heavy atom. The summed E-state index contributed by atoms with van der Waals surface area (Å²) in [6.07, 6.45) is 1.47. The van der Waals surface area contributed by atoms with E-state index in [-0.39, 0.29) is 18.2 Å². The van der Waals surface area contributed by atoms with Crippen LogP contribution in [0.3, 0.4) is 0 Å². The maximum atomic E-state index is 13.7. The van der Waals surface area contributed by atoms with Crippen LogP contribution in [-0.2, 0) is 11.3 Å². The van der Waals surface area contributed by atoms with Crippen molar-refractivity contribution in [2.75, 3.05) is 43.6 Å². The molecule has 1 fully saturated rings. The predicted molar refractivity (Wildman–Crippen MR) is 118 cm³/mol. The number of rotatable bonds is 6. The topological polar surface area (TPSA) is 68.6 Å². The standard InChI is InChI=1S/C23H24F2N4O3/c1-15-9-19(28-5-7-32-8-6-28)3-4-20(15)26-23-27-22(30)21(31-2)14-29(23)13-16-10-17(24)12-18(25)11-16/h3-4,9-12,14H,5-8,13H2,1-2H3,(H,26,27,30). The van der Waals surface area contributed by atoms with E-state index in [1.165, 1.54) is 25.4 Å². The van der Waals surface area contributed by atoms with Crippen molar-refractivity contribution in [3.63, 3.8) is 0 Å². The second-order valence-electron chi connectivity index (χ2n) is 7.57. The van der Waals surface area contributed by atoms with Crippen molar-refractivity contribution in [2.24, 2.45) is 0 Å². The van der Waals surface area contributed by atoms with E-state index < -0.39 is 17.2 Å². The molecule has 0 atom stereocenters. The summed E-state index contributed by atoms with van der Waals surface area (Å²) in [4.78, 5) is 18.6. The molecule has 2 aromatic carbocycles. The highest BCUT2D eigenvalue weighted by atomic mass is 19.1. The van der Waals surface area contributed by atoms with Crippen LogP contribution in [0.5, 0.6) is 5.75 Å². The summed E-state index contributed by atoms with van der Waals surface area (Å²) in [5.41, 5.74) is 2.66. The summed E-state index contributed by atoms with van der Waals surface area (Å²) in [5.74, 6) is -1.08. The van der Waals surface area contributed by atoms with Gasteiger partial charge < -0.3 is 24.3 Å². The lowest BCUT2D eigenvalue weighted by Gasteiger charge is -2.29. The molecule has 32 heavy (non-hydrogen) atoms. The number of morpholine rings is 1. The maximum absolute atomic E-state index is 13.7. The van der Waals surface area contributed by atoms with E-state index in [2.05, 4.69) is 21.3 Å². The quantitative estimate of drug-likeness (QED) is 0.631. The van der Waals surface area contributed by atoms with E-state index in [0.717, 1.165) is 36.1 Å². The molecule has 0 amide bonds. The number of nitrogens with zero attached hydrogens (tertiary/aromatic N) is 3. The van der Waals surface area contributed by atoms with Crippen LogP contribution in [0.1, 0.15) is 11.1 Å². The highest BCUT2D eigenvalue weighted by Crippen LogP contribution is 2.26. The number of benzene rings is 2. The first-order chi connectivity index (χ1) is 15.4. The molecule has 0 spiro atoms. The van der Waals surface area contributed by atoms with Crippen molar-refractivity contribution in [1.29, 1.82) is 0 Å². The highest BCUT2D eigenvalue weighted by Gasteiger charge is 2.15. The molecule has 0 radical (unpaired) electrons. The minimum absolute atomic E-state index is 0.0341. The van der Waals surface area contributed by atoms with E-state index in [9.17, 15) is 13.6 Å². The molecule has 3 aromatic rings. The fraction of sp³-hybridized carbons (Fsp3) is 0.304. The van der Waals surface area contributed by atoms with Gasteiger partial charge >= 0.3 is 5.56 Å². The monoisotopic (exact) mass is 442 g/mol. The van der Waals surface area contributed by atoms with Crippen LogP contribution in [0.15, 0.2) is 47.4 Å². The Hall–Kier alpha value is -3.46. The third-order valence-corrected chi connectivity index (χ3v) is 5.29. The van der Waals surface area contributed by atoms with Gasteiger partial charge in [-0.3, -0.25) is 4.79 Å². The average Bonchev–Trinajstić information content (AvgIpc) is 2.76. The number of aryl methyl sites for hydroxylation is 1. The number of hydrogen-bond donors (Lipinski definition) is 1. The third-order valence-electron chi connectivity index (χ3n) is 5.29. The molecule has 0 bridgehead atoms. The molecule has 7 nitrogen and oxygen atoms in total. The molecule has 168 valence electrons. The maximum Gasteiger partial charge on any atom is 0.316 e. The summed E-state index contributed by atoms with van der Waals surface area (Å²) >= 11 is 0. The van der Waals surface area contributed by atoms with Gasteiger partial charge in [0.2, 0.25) is 11.7 Å². The molecule has 0 saturated carbocycles. The van der Waals surface area contributed by atoms with E-state index >= 15 is 0 Å². The Bertz CT molecular complexity index is 1160. The second kappa shape index (κ2) is 9.35. The number of halogens is 2. The van der Waals surface area contributed by atoms with Crippen LogP contribution in [0.25, 0.3) is 0 Å². The zero-order valence-electron chi connectivity index (χ0n) is 17.9. The third kappa shape index (κ3) is 4.88. The van der Waals surface area contributed by atoms with Gasteiger partial charge in [-0.2, -0.15) is 4.98 Å². The van der Waals surface area contributed by atoms with Crippen molar-refractivity contribution in [1.82, 2.24) is 9.55 Å². The molecule has 9 heteroatoms. The number of anilines is 3. The summed E-state index contributed by atoms with van der Waals surface area (Å²) in [6.45, 7) is 5.10. The minimum atomic E-state index is -0.676. The molecule has 0 aliphatic carbocycles. The lowest BCUT2D eigenvalue weighted by molar-refractivity contribution is 0.122. The Morgan fingerprint density at radius 1 is 1.12 bits per heavy atom. The largest absolute Gasteiger partial charge is 0.490 e. The number of aromatic nitrogens is 2. The zero-order valence-corrected chi connectivity index (χ0v) is 17.9. The molecule has 0 unspecified atom stereocenters. The molecule has 1 saturated heterocycles. The van der Waals surface area contributed by atoms with Crippen LogP contribution < -0.4 is 20.5 Å². The first-order valence-corrected chi connectivity index (χ1v) is 10.2. The lowest BCUT2D eigenvalue weighted by atomic mass is 10.1. The van der Waals surface area contributed by atoms with Crippen molar-refractivity contribution in [2.45, 2.75) is 13.5 Å². The van der Waals surface area contributed by atoms with Crippen molar-refractivity contribution in [3.05, 3.63) is 75.7 Å². The molecule has 1 aliphatic rings. The molecule has 4 rings (SSSR count). The van der Waals surface area contributed by atoms with Crippen LogP contribution >= 0.6 is 0 Å². The van der Waals surface area contributed by atoms with Crippen LogP contribution in [0.4, 0.5) is 26.1 Å². The van der Waals surface area contributed by atoms with E-state index in [4.69, 9.17) is 9.47 Å². The smallest absolute Gasteiger partial charge is 0.316 e. The number of methoxy groups -OCH3 is 1. The number of nitrogens with one attached hydrogen (secondary N) is 1. The van der Waals surface area contributed by atoms with Gasteiger partial charge in [-0.25, -0.2) is 8.78 Å². The van der Waals surface area contributed by atoms with Crippen molar-refractivity contribution < 1.29 is 18.3 Å². The molecule has 1 aliphatic heterocycles. The van der Waals surface area contributed by atoms with Crippen molar-refractivity contribution in [3.8, 4) is 5.75 Å². The van der Waals surface area contributed by atoms with Gasteiger partial charge in [0.15, 0.2) is 0 Å². The first kappa shape index (κ1) is 21.8. The Kier molecular flexibility index (Phi) is 6.36. The Labute approximate surface area is 184 Å². The van der Waals surface area contributed by atoms with Gasteiger partial charge in [0.05, 0.1) is 33.1 Å². The van der Waals surface area contributed by atoms with Gasteiger partial charge in [-0.15, -0.1) is 0 Å². The Morgan fingerprint density at radius 2 is 1.84 bits per heavy atom. The van der Waals surface area contributed by atoms with Gasteiger partial charge in [-0.1, -0.05) is 0 Å². The zero-order chi connectivity index (χ0) is 22.7. The van der Waals surface area contributed by atoms with Crippen LogP contribution in [0.2, 0.25) is 0 Å². The lowest BCUT2D eigenvalue weighted by Crippen LogP contribution is -2.36. The fourth-order valence-electron chi connectivity index (χ4n) is 3.66. The molecular formula is C23H24F2N4O3. The summed E-state index contributed by atoms with van der Waals surface area (Å²) in [5, 5.41) is 3.18. The normalized spacial score (nSPS) is 13.8. The number of hydrogen-bond acceptors (Lipinski definition) is 6. The minimum Gasteiger partial charge on any atom is -0.490 e. The van der Waals surface area contributed by atoms with Crippen LogP contribution in [0, 0.1) is 18.6 Å². The van der Waals surface area contributed by atoms with Gasteiger partial charge in [0.1, 0.15) is 11.6 Å². The van der Waals surface area contributed by atoms with Gasteiger partial charge in [0.25, 0.3) is 0 Å². The van der Waals surface area contributed by atoms with E-state index in [1.54, 1.807) is 4.57 Å². The summed E-state index contributed by atoms with van der Waals surface area (Å²) in [6, 6.07) is 9.25. The SMILES string of the molecule is COc1cn(Cc2cc(F)cc(F)c2)c(Nc2ccc(N3CCOCC3)cc2C)nc1=O. The van der Waals surface area contributed by atoms with E-state index in [1.807, 2.05) is 19.1 Å². The van der Waals surface area contributed by atoms with E-state index in [0.29, 0.717) is 18.8 Å². The molecule has 1 N–H and O–H groups in total. The Balaban J connectivity index is 1.65. The molecule has 2 heterocycles. The summed E-state index contributed by atoms with van der Waals surface area (Å²) < 4.78 is 39.4. The van der Waals surface area contributed by atoms with Gasteiger partial charge in [0, 0.05) is 30.5 Å². The second-order valence-corrected chi connectivity index (χ2v) is 7.57. The fourth-order valence-corrected chi connectivity index (χ4v) is 3.66. The molecule has 1 aromatic heterocycles. The van der Waals surface area contributed by atoms with Crippen molar-refractivity contribution >= 4 is 17.3 Å². The van der Waals surface area contributed by atoms with Gasteiger partial charge in [-0.05, 0) is 48.4 Å².